The summed E-state index contributed by atoms with van der Waals surface area (Å²) in [4.78, 5) is 29.1. The Bertz CT molecular complexity index is 1190. The van der Waals surface area contributed by atoms with Crippen molar-refractivity contribution in [3.63, 3.8) is 0 Å². The number of carbonyl (C=O) groups is 2. The predicted octanol–water partition coefficient (Wildman–Crippen LogP) is 4.71. The highest BCUT2D eigenvalue weighted by Gasteiger charge is 2.15. The van der Waals surface area contributed by atoms with Crippen LogP contribution < -0.4 is 5.32 Å². The van der Waals surface area contributed by atoms with Gasteiger partial charge in [-0.3, -0.25) is 4.79 Å². The normalized spacial score (nSPS) is 10.8. The van der Waals surface area contributed by atoms with Crippen LogP contribution in [0.5, 0.6) is 0 Å². The molecule has 0 saturated heterocycles. The number of benzene rings is 2. The summed E-state index contributed by atoms with van der Waals surface area (Å²) >= 11 is 2.53. The summed E-state index contributed by atoms with van der Waals surface area (Å²) in [5.74, 6) is -1.01. The summed E-state index contributed by atoms with van der Waals surface area (Å²) < 4.78 is 19.8. The number of amides is 1. The van der Waals surface area contributed by atoms with E-state index in [1.807, 2.05) is 30.3 Å². The third-order valence-electron chi connectivity index (χ3n) is 4.30. The van der Waals surface area contributed by atoms with E-state index in [1.54, 1.807) is 17.5 Å². The van der Waals surface area contributed by atoms with Gasteiger partial charge >= 0.3 is 5.97 Å². The first-order chi connectivity index (χ1) is 14.6. The van der Waals surface area contributed by atoms with Crippen LogP contribution in [0.25, 0.3) is 10.1 Å². The Morgan fingerprint density at radius 1 is 1.10 bits per heavy atom. The van der Waals surface area contributed by atoms with Crippen LogP contribution in [0, 0.1) is 5.82 Å². The summed E-state index contributed by atoms with van der Waals surface area (Å²) in [6, 6.07) is 15.9. The van der Waals surface area contributed by atoms with Crippen molar-refractivity contribution in [2.75, 3.05) is 0 Å². The van der Waals surface area contributed by atoms with Crippen LogP contribution >= 0.6 is 22.7 Å². The van der Waals surface area contributed by atoms with Gasteiger partial charge in [0.2, 0.25) is 5.91 Å². The highest BCUT2D eigenvalue weighted by Crippen LogP contribution is 2.28. The molecule has 4 aromatic rings. The largest absolute Gasteiger partial charge is 0.455 e. The number of carbonyl (C=O) groups excluding carboxylic acids is 2. The Hall–Kier alpha value is -3.10. The second-order valence-corrected chi connectivity index (χ2v) is 8.54. The SMILES string of the molecule is O=C(Cc1nc(COC(=O)c2cc3c(F)cccc3s2)cs1)NCc1ccccc1. The number of esters is 1. The average Bonchev–Trinajstić information content (AvgIpc) is 3.39. The van der Waals surface area contributed by atoms with Gasteiger partial charge in [-0.2, -0.15) is 0 Å². The van der Waals surface area contributed by atoms with Gasteiger partial charge in [-0.15, -0.1) is 22.7 Å². The Kier molecular flexibility index (Phi) is 6.15. The van der Waals surface area contributed by atoms with E-state index >= 15 is 0 Å². The number of thiazole rings is 1. The molecule has 1 amide bonds. The fraction of sp³-hybridized carbons (Fsp3) is 0.136. The standard InChI is InChI=1S/C22H17FN2O3S2/c23-17-7-4-8-18-16(17)9-19(30-18)22(27)28-12-15-13-29-21(25-15)10-20(26)24-11-14-5-2-1-3-6-14/h1-9,13H,10-12H2,(H,24,26). The van der Waals surface area contributed by atoms with E-state index in [9.17, 15) is 14.0 Å². The van der Waals surface area contributed by atoms with E-state index in [-0.39, 0.29) is 24.8 Å². The molecule has 0 aliphatic carbocycles. The zero-order valence-electron chi connectivity index (χ0n) is 15.8. The van der Waals surface area contributed by atoms with Crippen LogP contribution in [0.3, 0.4) is 0 Å². The van der Waals surface area contributed by atoms with Crippen molar-refractivity contribution >= 4 is 44.6 Å². The first-order valence-electron chi connectivity index (χ1n) is 9.17. The lowest BCUT2D eigenvalue weighted by Gasteiger charge is -2.03. The quantitative estimate of drug-likeness (QED) is 0.423. The maximum Gasteiger partial charge on any atom is 0.348 e. The number of nitrogens with zero attached hydrogens (tertiary/aromatic N) is 1. The zero-order valence-corrected chi connectivity index (χ0v) is 17.4. The molecule has 0 aliphatic rings. The Morgan fingerprint density at radius 2 is 1.93 bits per heavy atom. The summed E-state index contributed by atoms with van der Waals surface area (Å²) in [5, 5.41) is 5.68. The molecule has 0 fully saturated rings. The zero-order chi connectivity index (χ0) is 20.9. The first kappa shape index (κ1) is 20.2. The molecule has 30 heavy (non-hydrogen) atoms. The molecule has 0 unspecified atom stereocenters. The second kappa shape index (κ2) is 9.15. The van der Waals surface area contributed by atoms with Gasteiger partial charge in [0, 0.05) is 22.0 Å². The minimum Gasteiger partial charge on any atom is -0.455 e. The molecule has 2 aromatic carbocycles. The molecule has 0 spiro atoms. The number of aromatic nitrogens is 1. The van der Waals surface area contributed by atoms with Crippen molar-refractivity contribution < 1.29 is 18.7 Å². The monoisotopic (exact) mass is 440 g/mol. The maximum absolute atomic E-state index is 13.8. The number of halogens is 1. The van der Waals surface area contributed by atoms with E-state index in [0.717, 1.165) is 5.56 Å². The topological polar surface area (TPSA) is 68.3 Å². The van der Waals surface area contributed by atoms with Crippen molar-refractivity contribution in [3.05, 3.63) is 86.9 Å². The number of rotatable bonds is 7. The number of fused-ring (bicyclic) bond motifs is 1. The van der Waals surface area contributed by atoms with Crippen LogP contribution in [0.2, 0.25) is 0 Å². The summed E-state index contributed by atoms with van der Waals surface area (Å²) in [7, 11) is 0. The molecule has 1 N–H and O–H groups in total. The molecule has 5 nitrogen and oxygen atoms in total. The van der Waals surface area contributed by atoms with Crippen LogP contribution in [0.4, 0.5) is 4.39 Å². The van der Waals surface area contributed by atoms with E-state index < -0.39 is 5.97 Å². The van der Waals surface area contributed by atoms with Crippen molar-refractivity contribution in [1.29, 1.82) is 0 Å². The summed E-state index contributed by atoms with van der Waals surface area (Å²) in [6.45, 7) is 0.461. The fourth-order valence-electron chi connectivity index (χ4n) is 2.83. The summed E-state index contributed by atoms with van der Waals surface area (Å²) in [5.41, 5.74) is 1.60. The minimum atomic E-state index is -0.522. The number of ether oxygens (including phenoxy) is 1. The Morgan fingerprint density at radius 3 is 2.73 bits per heavy atom. The minimum absolute atomic E-state index is 0.00229. The molecule has 0 atom stereocenters. The smallest absolute Gasteiger partial charge is 0.348 e. The molecule has 2 heterocycles. The number of hydrogen-bond donors (Lipinski definition) is 1. The van der Waals surface area contributed by atoms with Gasteiger partial charge in [0.25, 0.3) is 0 Å². The van der Waals surface area contributed by atoms with Gasteiger partial charge in [0.05, 0.1) is 12.1 Å². The van der Waals surface area contributed by atoms with E-state index in [4.69, 9.17) is 4.74 Å². The molecule has 152 valence electrons. The van der Waals surface area contributed by atoms with Crippen molar-refractivity contribution in [2.45, 2.75) is 19.6 Å². The predicted molar refractivity (Wildman–Crippen MR) is 115 cm³/mol. The third-order valence-corrected chi connectivity index (χ3v) is 6.28. The summed E-state index contributed by atoms with van der Waals surface area (Å²) in [6.07, 6.45) is 0.168. The maximum atomic E-state index is 13.8. The Labute approximate surface area is 180 Å². The molecule has 8 heteroatoms. The van der Waals surface area contributed by atoms with Crippen LogP contribution in [0.15, 0.2) is 60.0 Å². The van der Waals surface area contributed by atoms with Gasteiger partial charge in [-0.05, 0) is 23.8 Å². The number of nitrogens with one attached hydrogen (secondary N) is 1. The van der Waals surface area contributed by atoms with Crippen molar-refractivity contribution in [1.82, 2.24) is 10.3 Å². The molecule has 0 bridgehead atoms. The lowest BCUT2D eigenvalue weighted by Crippen LogP contribution is -2.24. The molecular formula is C22H17FN2O3S2. The Balaban J connectivity index is 1.29. The number of hydrogen-bond acceptors (Lipinski definition) is 6. The van der Waals surface area contributed by atoms with Gasteiger partial charge in [-0.1, -0.05) is 36.4 Å². The lowest BCUT2D eigenvalue weighted by molar-refractivity contribution is -0.120. The third kappa shape index (κ3) is 4.90. The van der Waals surface area contributed by atoms with E-state index in [2.05, 4.69) is 10.3 Å². The molecular weight excluding hydrogens is 423 g/mol. The molecule has 2 aromatic heterocycles. The van der Waals surface area contributed by atoms with Crippen LogP contribution in [-0.2, 0) is 29.1 Å². The van der Waals surface area contributed by atoms with Crippen molar-refractivity contribution in [2.24, 2.45) is 0 Å². The molecule has 0 saturated carbocycles. The highest BCUT2D eigenvalue weighted by atomic mass is 32.1. The van der Waals surface area contributed by atoms with Gasteiger partial charge in [-0.25, -0.2) is 14.2 Å². The fourth-order valence-corrected chi connectivity index (χ4v) is 4.58. The van der Waals surface area contributed by atoms with Gasteiger partial charge in [0.1, 0.15) is 22.3 Å². The molecule has 0 aliphatic heterocycles. The van der Waals surface area contributed by atoms with Crippen molar-refractivity contribution in [3.8, 4) is 0 Å². The van der Waals surface area contributed by atoms with Gasteiger partial charge < -0.3 is 10.1 Å². The van der Waals surface area contributed by atoms with Crippen LogP contribution in [0.1, 0.15) is 25.9 Å². The molecule has 4 rings (SSSR count). The second-order valence-electron chi connectivity index (χ2n) is 6.51. The first-order valence-corrected chi connectivity index (χ1v) is 10.9. The van der Waals surface area contributed by atoms with E-state index in [0.29, 0.717) is 32.2 Å². The lowest BCUT2D eigenvalue weighted by atomic mass is 10.2. The van der Waals surface area contributed by atoms with E-state index in [1.165, 1.54) is 34.8 Å². The highest BCUT2D eigenvalue weighted by molar-refractivity contribution is 7.20. The number of thiophene rings is 1. The van der Waals surface area contributed by atoms with Crippen LogP contribution in [-0.4, -0.2) is 16.9 Å². The van der Waals surface area contributed by atoms with Gasteiger partial charge in [0.15, 0.2) is 0 Å². The average molecular weight is 441 g/mol. The molecule has 0 radical (unpaired) electrons.